The molecule has 0 bridgehead atoms. The van der Waals surface area contributed by atoms with Gasteiger partial charge >= 0.3 is 7.82 Å². The summed E-state index contributed by atoms with van der Waals surface area (Å²) in [5.41, 5.74) is 1.04. The molecule has 7 nitrogen and oxygen atoms in total. The number of Topliss-reactive ketones (excluding diaryl/α,β-unsaturated/α-hetero) is 1. The van der Waals surface area contributed by atoms with Crippen LogP contribution in [0.25, 0.3) is 0 Å². The number of carbonyl (C=O) groups excluding carboxylic acids is 1. The average Bonchev–Trinajstić information content (AvgIpc) is 2.87. The molecule has 0 saturated carbocycles. The van der Waals surface area contributed by atoms with Crippen LogP contribution >= 0.6 is 7.82 Å². The summed E-state index contributed by atoms with van der Waals surface area (Å²) in [4.78, 5) is 21.9. The standard InChI is InChI=1S/C28H50NO6P/c1-4-6-7-8-9-10-11-12-13-14-20-33-28-17-15-25(16-18-28)22-26(23-27(30)5-2)24-35-36(31,32)34-21-19-29-3/h15-18,26,29H,4-14,19-24H2,1-3H3,(H,31,32)/p+1. The number of hydrogen-bond acceptors (Lipinski definition) is 5. The topological polar surface area (TPSA) is 98.7 Å². The molecular formula is C28H51NO6P+. The summed E-state index contributed by atoms with van der Waals surface area (Å²) in [7, 11) is -2.27. The first-order valence-electron chi connectivity index (χ1n) is 14.0. The number of nitrogens with two attached hydrogens (primary N) is 1. The molecule has 0 saturated heterocycles. The van der Waals surface area contributed by atoms with Crippen LogP contribution in [-0.2, 0) is 24.8 Å². The van der Waals surface area contributed by atoms with Gasteiger partial charge in [-0.3, -0.25) is 13.8 Å². The lowest BCUT2D eigenvalue weighted by Crippen LogP contribution is -2.80. The van der Waals surface area contributed by atoms with Gasteiger partial charge in [-0.15, -0.1) is 0 Å². The molecule has 0 aliphatic rings. The van der Waals surface area contributed by atoms with E-state index in [1.54, 1.807) is 0 Å². The van der Waals surface area contributed by atoms with E-state index in [1.165, 1.54) is 57.8 Å². The first kappa shape index (κ1) is 32.8. The van der Waals surface area contributed by atoms with Crippen LogP contribution in [0.3, 0.4) is 0 Å². The predicted octanol–water partition coefficient (Wildman–Crippen LogP) is 5.84. The maximum absolute atomic E-state index is 12.1. The molecular weight excluding hydrogens is 477 g/mol. The van der Waals surface area contributed by atoms with E-state index in [-0.39, 0.29) is 24.9 Å². The van der Waals surface area contributed by atoms with Gasteiger partial charge in [-0.25, -0.2) is 4.57 Å². The molecule has 0 radical (unpaired) electrons. The number of carbonyl (C=O) groups is 1. The van der Waals surface area contributed by atoms with Crippen LogP contribution in [-0.4, -0.2) is 44.1 Å². The van der Waals surface area contributed by atoms with Crippen LogP contribution < -0.4 is 10.1 Å². The lowest BCUT2D eigenvalue weighted by atomic mass is 9.94. The lowest BCUT2D eigenvalue weighted by molar-refractivity contribution is -0.627. The summed E-state index contributed by atoms with van der Waals surface area (Å²) in [5, 5.41) is 1.85. The molecule has 1 rings (SSSR count). The van der Waals surface area contributed by atoms with Gasteiger partial charge in [0.25, 0.3) is 0 Å². The van der Waals surface area contributed by atoms with Crippen molar-refractivity contribution in [2.24, 2.45) is 5.92 Å². The average molecular weight is 529 g/mol. The highest BCUT2D eigenvalue weighted by molar-refractivity contribution is 7.47. The molecule has 0 aliphatic carbocycles. The van der Waals surface area contributed by atoms with Crippen LogP contribution in [0.5, 0.6) is 5.75 Å². The van der Waals surface area contributed by atoms with Crippen molar-refractivity contribution < 1.29 is 33.4 Å². The van der Waals surface area contributed by atoms with E-state index < -0.39 is 7.82 Å². The van der Waals surface area contributed by atoms with Gasteiger partial charge in [0.2, 0.25) is 0 Å². The van der Waals surface area contributed by atoms with E-state index in [9.17, 15) is 14.3 Å². The predicted molar refractivity (Wildman–Crippen MR) is 145 cm³/mol. The second-order valence-electron chi connectivity index (χ2n) is 9.64. The van der Waals surface area contributed by atoms with Gasteiger partial charge in [0.1, 0.15) is 18.1 Å². The molecule has 3 N–H and O–H groups in total. The van der Waals surface area contributed by atoms with E-state index in [1.807, 2.05) is 43.6 Å². The van der Waals surface area contributed by atoms with Crippen LogP contribution in [0.15, 0.2) is 24.3 Å². The minimum absolute atomic E-state index is 0.00759. The Morgan fingerprint density at radius 3 is 2.11 bits per heavy atom. The molecule has 1 aromatic carbocycles. The van der Waals surface area contributed by atoms with E-state index in [0.717, 1.165) is 24.3 Å². The Hall–Kier alpha value is -1.24. The number of phosphoric ester groups is 1. The Bertz CT molecular complexity index is 727. The van der Waals surface area contributed by atoms with Gasteiger partial charge in [0.15, 0.2) is 0 Å². The highest BCUT2D eigenvalue weighted by Gasteiger charge is 2.24. The molecule has 36 heavy (non-hydrogen) atoms. The first-order chi connectivity index (χ1) is 17.4. The number of ether oxygens (including phenoxy) is 1. The molecule has 0 heterocycles. The zero-order chi connectivity index (χ0) is 26.5. The van der Waals surface area contributed by atoms with E-state index in [0.29, 0.717) is 25.8 Å². The van der Waals surface area contributed by atoms with Crippen LogP contribution in [0.2, 0.25) is 0 Å². The van der Waals surface area contributed by atoms with Gasteiger partial charge < -0.3 is 14.9 Å². The molecule has 0 aromatic heterocycles. The van der Waals surface area contributed by atoms with Crippen molar-refractivity contribution in [2.45, 2.75) is 97.3 Å². The molecule has 0 aliphatic heterocycles. The number of quaternary nitrogens is 1. The first-order valence-corrected chi connectivity index (χ1v) is 15.5. The fourth-order valence-corrected chi connectivity index (χ4v) is 4.82. The van der Waals surface area contributed by atoms with E-state index >= 15 is 0 Å². The van der Waals surface area contributed by atoms with Crippen molar-refractivity contribution in [1.82, 2.24) is 0 Å². The quantitative estimate of drug-likeness (QED) is 0.129. The second-order valence-corrected chi connectivity index (χ2v) is 11.1. The summed E-state index contributed by atoms with van der Waals surface area (Å²) in [5.74, 6) is 0.750. The summed E-state index contributed by atoms with van der Waals surface area (Å²) >= 11 is 0. The Labute approximate surface area is 219 Å². The Morgan fingerprint density at radius 2 is 1.53 bits per heavy atom. The van der Waals surface area contributed by atoms with Crippen molar-refractivity contribution >= 4 is 13.6 Å². The minimum Gasteiger partial charge on any atom is -0.494 e. The molecule has 0 spiro atoms. The molecule has 1 aromatic rings. The molecule has 2 atom stereocenters. The maximum Gasteiger partial charge on any atom is 0.472 e. The molecule has 0 fully saturated rings. The van der Waals surface area contributed by atoms with Gasteiger partial charge in [-0.1, -0.05) is 83.8 Å². The van der Waals surface area contributed by atoms with Gasteiger partial charge in [-0.05, 0) is 36.5 Å². The normalized spacial score (nSPS) is 13.9. The third-order valence-corrected chi connectivity index (χ3v) is 7.24. The zero-order valence-corrected chi connectivity index (χ0v) is 23.8. The SMILES string of the molecule is CCCCCCCCCCCCOc1ccc(CC(COP(=O)(O)OCC[NH2+]C)CC(=O)CC)cc1. The van der Waals surface area contributed by atoms with Crippen molar-refractivity contribution in [2.75, 3.05) is 33.4 Å². The number of phosphoric acid groups is 1. The van der Waals surface area contributed by atoms with Crippen molar-refractivity contribution in [1.29, 1.82) is 0 Å². The molecule has 0 amide bonds. The number of hydrogen-bond donors (Lipinski definition) is 2. The Kier molecular flexibility index (Phi) is 18.9. The van der Waals surface area contributed by atoms with Crippen LogP contribution in [0.4, 0.5) is 0 Å². The van der Waals surface area contributed by atoms with Crippen LogP contribution in [0.1, 0.15) is 96.5 Å². The maximum atomic E-state index is 12.1. The number of benzene rings is 1. The number of rotatable bonds is 24. The third kappa shape index (κ3) is 17.3. The lowest BCUT2D eigenvalue weighted by Gasteiger charge is -2.19. The zero-order valence-electron chi connectivity index (χ0n) is 22.9. The van der Waals surface area contributed by atoms with Crippen LogP contribution in [0, 0.1) is 5.92 Å². The largest absolute Gasteiger partial charge is 0.494 e. The van der Waals surface area contributed by atoms with Gasteiger partial charge in [-0.2, -0.15) is 0 Å². The highest BCUT2D eigenvalue weighted by atomic mass is 31.2. The second kappa shape index (κ2) is 20.8. The van der Waals surface area contributed by atoms with Gasteiger partial charge in [0, 0.05) is 12.8 Å². The number of ketones is 1. The summed E-state index contributed by atoms with van der Waals surface area (Å²) in [6, 6.07) is 7.88. The highest BCUT2D eigenvalue weighted by Crippen LogP contribution is 2.43. The Balaban J connectivity index is 2.36. The molecule has 2 unspecified atom stereocenters. The van der Waals surface area contributed by atoms with Gasteiger partial charge in [0.05, 0.1) is 26.8 Å². The van der Waals surface area contributed by atoms with E-state index in [4.69, 9.17) is 13.8 Å². The van der Waals surface area contributed by atoms with Crippen molar-refractivity contribution in [3.8, 4) is 5.75 Å². The fraction of sp³-hybridized carbons (Fsp3) is 0.750. The number of likely N-dealkylation sites (N-methyl/N-ethyl adjacent to an activating group) is 1. The van der Waals surface area contributed by atoms with Crippen molar-refractivity contribution in [3.63, 3.8) is 0 Å². The smallest absolute Gasteiger partial charge is 0.472 e. The summed E-state index contributed by atoms with van der Waals surface area (Å²) < 4.78 is 28.1. The van der Waals surface area contributed by atoms with Crippen molar-refractivity contribution in [3.05, 3.63) is 29.8 Å². The third-order valence-electron chi connectivity index (χ3n) is 6.26. The molecule has 208 valence electrons. The molecule has 8 heteroatoms. The number of unbranched alkanes of at least 4 members (excludes halogenated alkanes) is 9. The van der Waals surface area contributed by atoms with E-state index in [2.05, 4.69) is 6.92 Å². The summed E-state index contributed by atoms with van der Waals surface area (Å²) in [6.45, 7) is 5.49. The summed E-state index contributed by atoms with van der Waals surface area (Å²) in [6.07, 6.45) is 14.3. The fourth-order valence-electron chi connectivity index (χ4n) is 4.01. The Morgan fingerprint density at radius 1 is 0.917 bits per heavy atom. The monoisotopic (exact) mass is 528 g/mol. The minimum atomic E-state index is -4.12.